The predicted octanol–water partition coefficient (Wildman–Crippen LogP) is 0.729. The van der Waals surface area contributed by atoms with E-state index in [-0.39, 0.29) is 12.0 Å². The average Bonchev–Trinajstić information content (AvgIpc) is 2.37. The van der Waals surface area contributed by atoms with Crippen molar-refractivity contribution in [3.05, 3.63) is 17.1 Å². The van der Waals surface area contributed by atoms with Crippen LogP contribution in [0.1, 0.15) is 28.3 Å². The van der Waals surface area contributed by atoms with Crippen LogP contribution in [0.5, 0.6) is 0 Å². The first-order valence-electron chi connectivity index (χ1n) is 6.08. The molecular formula is C12H16N4O4S. The number of aromatic nitrogens is 2. The fourth-order valence-electron chi connectivity index (χ4n) is 1.52. The largest absolute Gasteiger partial charge is 0.478 e. The number of carboxylic acid groups (broad SMARTS) is 1. The van der Waals surface area contributed by atoms with Crippen molar-refractivity contribution in [3.8, 4) is 0 Å². The molecule has 0 atom stereocenters. The third kappa shape index (κ3) is 5.03. The van der Waals surface area contributed by atoms with Crippen LogP contribution in [0.15, 0.2) is 5.03 Å². The van der Waals surface area contributed by atoms with Crippen LogP contribution in [0.3, 0.4) is 0 Å². The van der Waals surface area contributed by atoms with Crippen LogP contribution in [0, 0.1) is 13.8 Å². The van der Waals surface area contributed by atoms with E-state index in [0.717, 1.165) is 11.8 Å². The predicted molar refractivity (Wildman–Crippen MR) is 76.4 cm³/mol. The highest BCUT2D eigenvalue weighted by molar-refractivity contribution is 7.99. The van der Waals surface area contributed by atoms with Crippen LogP contribution in [-0.4, -0.2) is 45.8 Å². The minimum Gasteiger partial charge on any atom is -0.478 e. The zero-order valence-electron chi connectivity index (χ0n) is 11.9. The summed E-state index contributed by atoms with van der Waals surface area (Å²) in [6.07, 6.45) is 0.0687. The van der Waals surface area contributed by atoms with E-state index >= 15 is 0 Å². The minimum atomic E-state index is -1.11. The summed E-state index contributed by atoms with van der Waals surface area (Å²) in [4.78, 5) is 41.7. The summed E-state index contributed by atoms with van der Waals surface area (Å²) in [5, 5.41) is 13.9. The van der Waals surface area contributed by atoms with Gasteiger partial charge in [-0.05, 0) is 13.8 Å². The van der Waals surface area contributed by atoms with Gasteiger partial charge in [0, 0.05) is 19.2 Å². The van der Waals surface area contributed by atoms with Crippen molar-refractivity contribution in [3.63, 3.8) is 0 Å². The number of nitrogens with zero attached hydrogens (tertiary/aromatic N) is 2. The van der Waals surface area contributed by atoms with Crippen molar-refractivity contribution in [2.75, 3.05) is 12.8 Å². The monoisotopic (exact) mass is 312 g/mol. The number of hydrogen-bond acceptors (Lipinski definition) is 6. The number of thioether (sulfide) groups is 1. The van der Waals surface area contributed by atoms with Crippen LogP contribution in [0.4, 0.5) is 4.79 Å². The highest BCUT2D eigenvalue weighted by Crippen LogP contribution is 2.23. The molecular weight excluding hydrogens is 296 g/mol. The first-order valence-corrected chi connectivity index (χ1v) is 7.06. The Morgan fingerprint density at radius 2 is 1.90 bits per heavy atom. The minimum absolute atomic E-state index is 0.0392. The van der Waals surface area contributed by atoms with Gasteiger partial charge in [0.15, 0.2) is 0 Å². The zero-order chi connectivity index (χ0) is 16.0. The number of nitrogens with one attached hydrogen (secondary N) is 2. The molecule has 1 heterocycles. The normalized spacial score (nSPS) is 10.0. The molecule has 3 N–H and O–H groups in total. The molecule has 21 heavy (non-hydrogen) atoms. The highest BCUT2D eigenvalue weighted by atomic mass is 32.2. The molecule has 0 saturated carbocycles. The molecule has 0 fully saturated rings. The van der Waals surface area contributed by atoms with E-state index in [1.807, 2.05) is 0 Å². The van der Waals surface area contributed by atoms with E-state index in [2.05, 4.69) is 20.6 Å². The Labute approximate surface area is 125 Å². The molecule has 0 spiro atoms. The van der Waals surface area contributed by atoms with E-state index in [1.165, 1.54) is 7.05 Å². The number of amides is 3. The topological polar surface area (TPSA) is 121 Å². The van der Waals surface area contributed by atoms with Crippen molar-refractivity contribution in [2.45, 2.75) is 25.3 Å². The van der Waals surface area contributed by atoms with Gasteiger partial charge in [0.05, 0.1) is 5.69 Å². The van der Waals surface area contributed by atoms with E-state index in [4.69, 9.17) is 0 Å². The van der Waals surface area contributed by atoms with E-state index < -0.39 is 17.9 Å². The fraction of sp³-hybridized carbons (Fsp3) is 0.417. The molecule has 0 aromatic carbocycles. The molecule has 0 aliphatic rings. The van der Waals surface area contributed by atoms with Crippen LogP contribution in [-0.2, 0) is 4.79 Å². The van der Waals surface area contributed by atoms with Crippen LogP contribution in [0.2, 0.25) is 0 Å². The Morgan fingerprint density at radius 3 is 2.48 bits per heavy atom. The van der Waals surface area contributed by atoms with Crippen molar-refractivity contribution < 1.29 is 19.5 Å². The number of carboxylic acids is 1. The lowest BCUT2D eigenvalue weighted by Crippen LogP contribution is -2.37. The molecule has 0 bridgehead atoms. The van der Waals surface area contributed by atoms with Crippen molar-refractivity contribution in [1.29, 1.82) is 0 Å². The second-order valence-corrected chi connectivity index (χ2v) is 5.15. The summed E-state index contributed by atoms with van der Waals surface area (Å²) >= 11 is 1.14. The second kappa shape index (κ2) is 7.58. The molecule has 0 aliphatic carbocycles. The van der Waals surface area contributed by atoms with Crippen LogP contribution < -0.4 is 10.6 Å². The molecule has 1 rings (SSSR count). The van der Waals surface area contributed by atoms with Gasteiger partial charge in [-0.2, -0.15) is 0 Å². The number of imide groups is 1. The van der Waals surface area contributed by atoms with Gasteiger partial charge in [-0.25, -0.2) is 19.6 Å². The molecule has 9 heteroatoms. The average molecular weight is 312 g/mol. The number of carbonyl (C=O) groups excluding carboxylic acids is 2. The van der Waals surface area contributed by atoms with E-state index in [0.29, 0.717) is 22.3 Å². The summed E-state index contributed by atoms with van der Waals surface area (Å²) in [5.74, 6) is -0.778. The Hall–Kier alpha value is -2.16. The number of aryl methyl sites for hydroxylation is 2. The number of rotatable bonds is 5. The maximum atomic E-state index is 11.4. The summed E-state index contributed by atoms with van der Waals surface area (Å²) in [7, 11) is 1.41. The lowest BCUT2D eigenvalue weighted by Gasteiger charge is -2.08. The Kier molecular flexibility index (Phi) is 6.10. The van der Waals surface area contributed by atoms with Crippen LogP contribution >= 0.6 is 11.8 Å². The number of urea groups is 1. The molecule has 3 amide bonds. The summed E-state index contributed by atoms with van der Waals surface area (Å²) < 4.78 is 0. The van der Waals surface area contributed by atoms with Crippen molar-refractivity contribution >= 4 is 29.7 Å². The van der Waals surface area contributed by atoms with Crippen molar-refractivity contribution in [2.24, 2.45) is 0 Å². The van der Waals surface area contributed by atoms with Crippen LogP contribution in [0.25, 0.3) is 0 Å². The maximum absolute atomic E-state index is 11.4. The molecule has 114 valence electrons. The molecule has 0 unspecified atom stereocenters. The zero-order valence-corrected chi connectivity index (χ0v) is 12.7. The SMILES string of the molecule is CNC(=O)NC(=O)CCSc1nc(C)nc(C)c1C(=O)O. The lowest BCUT2D eigenvalue weighted by molar-refractivity contribution is -0.119. The third-order valence-corrected chi connectivity index (χ3v) is 3.41. The Morgan fingerprint density at radius 1 is 1.24 bits per heavy atom. The quantitative estimate of drug-likeness (QED) is 0.541. The summed E-state index contributed by atoms with van der Waals surface area (Å²) in [6, 6.07) is -0.579. The smallest absolute Gasteiger partial charge is 0.340 e. The van der Waals surface area contributed by atoms with Gasteiger partial charge in [-0.3, -0.25) is 10.1 Å². The van der Waals surface area contributed by atoms with Gasteiger partial charge in [0.1, 0.15) is 16.4 Å². The highest BCUT2D eigenvalue weighted by Gasteiger charge is 2.17. The van der Waals surface area contributed by atoms with Gasteiger partial charge in [-0.15, -0.1) is 11.8 Å². The number of hydrogen-bond donors (Lipinski definition) is 3. The molecule has 0 saturated heterocycles. The summed E-state index contributed by atoms with van der Waals surface area (Å²) in [5.41, 5.74) is 0.421. The molecule has 8 nitrogen and oxygen atoms in total. The van der Waals surface area contributed by atoms with Gasteiger partial charge >= 0.3 is 12.0 Å². The van der Waals surface area contributed by atoms with E-state index in [9.17, 15) is 19.5 Å². The van der Waals surface area contributed by atoms with Gasteiger partial charge < -0.3 is 10.4 Å². The number of aromatic carboxylic acids is 1. The molecule has 1 aromatic rings. The number of carbonyl (C=O) groups is 3. The van der Waals surface area contributed by atoms with Gasteiger partial charge in [0.25, 0.3) is 0 Å². The second-order valence-electron chi connectivity index (χ2n) is 4.07. The van der Waals surface area contributed by atoms with Gasteiger partial charge in [0.2, 0.25) is 5.91 Å². The molecule has 1 aromatic heterocycles. The molecule has 0 aliphatic heterocycles. The first kappa shape index (κ1) is 16.9. The fourth-order valence-corrected chi connectivity index (χ4v) is 2.58. The lowest BCUT2D eigenvalue weighted by atomic mass is 10.2. The third-order valence-electron chi connectivity index (χ3n) is 2.43. The van der Waals surface area contributed by atoms with Crippen molar-refractivity contribution in [1.82, 2.24) is 20.6 Å². The van der Waals surface area contributed by atoms with E-state index in [1.54, 1.807) is 13.8 Å². The summed E-state index contributed by atoms with van der Waals surface area (Å²) in [6.45, 7) is 3.27. The Bertz CT molecular complexity index is 577. The maximum Gasteiger partial charge on any atom is 0.340 e. The standard InChI is InChI=1S/C12H16N4O4S/c1-6-9(11(18)19)10(15-7(2)14-6)21-5-4-8(17)16-12(20)13-3/h4-5H2,1-3H3,(H,18,19)(H2,13,16,17,20). The first-order chi connectivity index (χ1) is 9.85. The molecule has 0 radical (unpaired) electrons. The van der Waals surface area contributed by atoms with Gasteiger partial charge in [-0.1, -0.05) is 0 Å². The Balaban J connectivity index is 2.69.